The van der Waals surface area contributed by atoms with Gasteiger partial charge in [0, 0.05) is 38.7 Å². The summed E-state index contributed by atoms with van der Waals surface area (Å²) in [7, 11) is 1.72. The van der Waals surface area contributed by atoms with Gasteiger partial charge in [0.25, 0.3) is 0 Å². The van der Waals surface area contributed by atoms with Crippen LogP contribution < -0.4 is 16.4 Å². The smallest absolute Gasteiger partial charge is 0.248 e. The summed E-state index contributed by atoms with van der Waals surface area (Å²) in [6, 6.07) is 7.16. The average molecular weight is 329 g/mol. The summed E-state index contributed by atoms with van der Waals surface area (Å²) in [6.07, 6.45) is 2.59. The van der Waals surface area contributed by atoms with Crippen LogP contribution in [0.2, 0.25) is 0 Å². The number of nitrogens with one attached hydrogen (secondary N) is 2. The maximum absolute atomic E-state index is 11.1. The first-order chi connectivity index (χ1) is 11.6. The van der Waals surface area contributed by atoms with E-state index in [-0.39, 0.29) is 0 Å². The second kappa shape index (κ2) is 8.66. The molecule has 0 atom stereocenters. The van der Waals surface area contributed by atoms with Crippen LogP contribution in [-0.2, 0) is 19.5 Å². The van der Waals surface area contributed by atoms with Crippen molar-refractivity contribution in [3.63, 3.8) is 0 Å². The molecule has 0 aliphatic rings. The lowest BCUT2D eigenvalue weighted by Crippen LogP contribution is -2.38. The Morgan fingerprint density at radius 1 is 1.29 bits per heavy atom. The highest BCUT2D eigenvalue weighted by molar-refractivity contribution is 5.92. The molecule has 1 aromatic carbocycles. The molecule has 0 spiro atoms. The van der Waals surface area contributed by atoms with Crippen molar-refractivity contribution in [2.24, 2.45) is 10.7 Å². The van der Waals surface area contributed by atoms with Crippen LogP contribution in [-0.4, -0.2) is 40.2 Å². The van der Waals surface area contributed by atoms with Crippen molar-refractivity contribution in [1.29, 1.82) is 0 Å². The number of hydrogen-bond donors (Lipinski definition) is 3. The molecule has 0 fully saturated rings. The Balaban J connectivity index is 1.79. The lowest BCUT2D eigenvalue weighted by Gasteiger charge is -2.13. The van der Waals surface area contributed by atoms with Crippen molar-refractivity contribution < 1.29 is 4.79 Å². The molecule has 8 nitrogen and oxygen atoms in total. The fraction of sp³-hybridized carbons (Fsp3) is 0.375. The van der Waals surface area contributed by atoms with Crippen molar-refractivity contribution in [2.45, 2.75) is 26.4 Å². The van der Waals surface area contributed by atoms with E-state index in [0.29, 0.717) is 24.6 Å². The Kier molecular flexibility index (Phi) is 6.30. The molecule has 0 bridgehead atoms. The zero-order chi connectivity index (χ0) is 17.4. The van der Waals surface area contributed by atoms with Gasteiger partial charge in [0.2, 0.25) is 5.91 Å². The molecule has 8 heteroatoms. The number of benzene rings is 1. The third-order valence-electron chi connectivity index (χ3n) is 3.58. The Bertz CT molecular complexity index is 691. The summed E-state index contributed by atoms with van der Waals surface area (Å²) in [5, 5.41) is 14.4. The molecule has 128 valence electrons. The largest absolute Gasteiger partial charge is 0.366 e. The second-order valence-corrected chi connectivity index (χ2v) is 5.21. The van der Waals surface area contributed by atoms with E-state index in [9.17, 15) is 4.79 Å². The fourth-order valence-corrected chi connectivity index (χ4v) is 2.23. The molecule has 0 aliphatic heterocycles. The molecular formula is C16H23N7O. The van der Waals surface area contributed by atoms with Gasteiger partial charge in [-0.1, -0.05) is 19.1 Å². The number of amides is 1. The van der Waals surface area contributed by atoms with E-state index in [1.807, 2.05) is 16.7 Å². The number of hydrogen-bond acceptors (Lipinski definition) is 4. The van der Waals surface area contributed by atoms with Crippen molar-refractivity contribution in [3.8, 4) is 0 Å². The first-order valence-electron chi connectivity index (χ1n) is 7.84. The second-order valence-electron chi connectivity index (χ2n) is 5.21. The number of rotatable bonds is 7. The summed E-state index contributed by atoms with van der Waals surface area (Å²) >= 11 is 0. The summed E-state index contributed by atoms with van der Waals surface area (Å²) in [4.78, 5) is 15.2. The third-order valence-corrected chi connectivity index (χ3v) is 3.58. The van der Waals surface area contributed by atoms with Gasteiger partial charge in [-0.15, -0.1) is 10.2 Å². The van der Waals surface area contributed by atoms with Gasteiger partial charge in [-0.3, -0.25) is 9.79 Å². The molecule has 1 heterocycles. The van der Waals surface area contributed by atoms with Crippen molar-refractivity contribution in [3.05, 3.63) is 47.5 Å². The van der Waals surface area contributed by atoms with E-state index in [1.54, 1.807) is 25.5 Å². The Morgan fingerprint density at radius 3 is 2.67 bits per heavy atom. The lowest BCUT2D eigenvalue weighted by molar-refractivity contribution is 0.100. The molecule has 0 saturated heterocycles. The summed E-state index contributed by atoms with van der Waals surface area (Å²) in [5.41, 5.74) is 6.77. The van der Waals surface area contributed by atoms with E-state index >= 15 is 0 Å². The van der Waals surface area contributed by atoms with Crippen molar-refractivity contribution in [2.75, 3.05) is 13.6 Å². The maximum atomic E-state index is 11.1. The summed E-state index contributed by atoms with van der Waals surface area (Å²) in [6.45, 7) is 4.14. The van der Waals surface area contributed by atoms with Gasteiger partial charge in [0.05, 0.1) is 0 Å². The first-order valence-corrected chi connectivity index (χ1v) is 7.84. The molecule has 0 saturated carbocycles. The topological polar surface area (TPSA) is 110 Å². The standard InChI is InChI=1S/C16H23N7O/c1-3-14-22-21-11-23(14)9-8-19-16(18-2)20-10-12-4-6-13(7-5-12)15(17)24/h4-7,11H,3,8-10H2,1-2H3,(H2,17,24)(H2,18,19,20). The van der Waals surface area contributed by atoms with Gasteiger partial charge >= 0.3 is 0 Å². The molecule has 0 unspecified atom stereocenters. The van der Waals surface area contributed by atoms with Gasteiger partial charge in [-0.25, -0.2) is 0 Å². The van der Waals surface area contributed by atoms with Gasteiger partial charge in [-0.2, -0.15) is 0 Å². The zero-order valence-corrected chi connectivity index (χ0v) is 14.0. The normalized spacial score (nSPS) is 11.3. The van der Waals surface area contributed by atoms with Gasteiger partial charge in [0.1, 0.15) is 12.2 Å². The van der Waals surface area contributed by atoms with Gasteiger partial charge < -0.3 is 20.9 Å². The van der Waals surface area contributed by atoms with Crippen LogP contribution in [0.3, 0.4) is 0 Å². The fourth-order valence-electron chi connectivity index (χ4n) is 2.23. The number of aromatic nitrogens is 3. The Labute approximate surface area is 141 Å². The maximum Gasteiger partial charge on any atom is 0.248 e. The molecule has 4 N–H and O–H groups in total. The minimum Gasteiger partial charge on any atom is -0.366 e. The number of guanidine groups is 1. The van der Waals surface area contributed by atoms with Crippen LogP contribution in [0.25, 0.3) is 0 Å². The van der Waals surface area contributed by atoms with Crippen LogP contribution in [0, 0.1) is 0 Å². The van der Waals surface area contributed by atoms with E-state index < -0.39 is 5.91 Å². The number of aryl methyl sites for hydroxylation is 1. The predicted octanol–water partition coefficient (Wildman–Crippen LogP) is 0.305. The average Bonchev–Trinajstić information content (AvgIpc) is 3.05. The first kappa shape index (κ1) is 17.5. The highest BCUT2D eigenvalue weighted by Gasteiger charge is 2.03. The number of aliphatic imine (C=N–C) groups is 1. The molecule has 1 amide bonds. The van der Waals surface area contributed by atoms with E-state index in [1.165, 1.54) is 0 Å². The minimum absolute atomic E-state index is 0.424. The molecule has 0 aliphatic carbocycles. The molecule has 0 radical (unpaired) electrons. The minimum atomic E-state index is -0.424. The van der Waals surface area contributed by atoms with Crippen LogP contribution in [0.15, 0.2) is 35.6 Å². The highest BCUT2D eigenvalue weighted by Crippen LogP contribution is 2.03. The zero-order valence-electron chi connectivity index (χ0n) is 14.0. The third kappa shape index (κ3) is 4.80. The number of carbonyl (C=O) groups is 1. The van der Waals surface area contributed by atoms with Crippen LogP contribution in [0.4, 0.5) is 0 Å². The number of nitrogens with two attached hydrogens (primary N) is 1. The van der Waals surface area contributed by atoms with Gasteiger partial charge in [-0.05, 0) is 17.7 Å². The lowest BCUT2D eigenvalue weighted by atomic mass is 10.1. The van der Waals surface area contributed by atoms with E-state index in [0.717, 1.165) is 24.4 Å². The molecule has 2 rings (SSSR count). The van der Waals surface area contributed by atoms with E-state index in [2.05, 4.69) is 32.7 Å². The number of nitrogens with zero attached hydrogens (tertiary/aromatic N) is 4. The van der Waals surface area contributed by atoms with Gasteiger partial charge in [0.15, 0.2) is 5.96 Å². The van der Waals surface area contributed by atoms with Crippen LogP contribution in [0.5, 0.6) is 0 Å². The van der Waals surface area contributed by atoms with Crippen LogP contribution >= 0.6 is 0 Å². The predicted molar refractivity (Wildman–Crippen MR) is 92.6 cm³/mol. The number of primary amides is 1. The van der Waals surface area contributed by atoms with Crippen molar-refractivity contribution in [1.82, 2.24) is 25.4 Å². The quantitative estimate of drug-likeness (QED) is 0.500. The Morgan fingerprint density at radius 2 is 2.04 bits per heavy atom. The molecule has 24 heavy (non-hydrogen) atoms. The highest BCUT2D eigenvalue weighted by atomic mass is 16.1. The molecule has 2 aromatic rings. The van der Waals surface area contributed by atoms with Crippen molar-refractivity contribution >= 4 is 11.9 Å². The number of carbonyl (C=O) groups excluding carboxylic acids is 1. The summed E-state index contributed by atoms with van der Waals surface area (Å²) < 4.78 is 2.02. The van der Waals surface area contributed by atoms with Crippen LogP contribution in [0.1, 0.15) is 28.7 Å². The molecule has 1 aromatic heterocycles. The SMILES string of the molecule is CCc1nncn1CCNC(=NC)NCc1ccc(C(N)=O)cc1. The van der Waals surface area contributed by atoms with E-state index in [4.69, 9.17) is 5.73 Å². The summed E-state index contributed by atoms with van der Waals surface area (Å²) in [5.74, 6) is 1.25. The monoisotopic (exact) mass is 329 g/mol. The molecular weight excluding hydrogens is 306 g/mol. The Hall–Kier alpha value is -2.90.